The van der Waals surface area contributed by atoms with Crippen LogP contribution in [0.4, 0.5) is 80.5 Å². The summed E-state index contributed by atoms with van der Waals surface area (Å²) in [6.07, 6.45) is -57.1. The Morgan fingerprint density at radius 3 is 1.31 bits per heavy atom. The highest BCUT2D eigenvalue weighted by Gasteiger charge is 2.77. The van der Waals surface area contributed by atoms with Crippen LogP contribution in [0, 0.1) is 0 Å². The van der Waals surface area contributed by atoms with Gasteiger partial charge in [-0.15, -0.1) is 13.2 Å². The van der Waals surface area contributed by atoms with Crippen molar-refractivity contribution >= 4 is 23.3 Å². The molecule has 0 bridgehead atoms. The monoisotopic (exact) mass is 638 g/mol. The van der Waals surface area contributed by atoms with Crippen molar-refractivity contribution in [2.75, 3.05) is 5.32 Å². The molecule has 0 fully saturated rings. The fourth-order valence-corrected chi connectivity index (χ4v) is 1.78. The summed E-state index contributed by atoms with van der Waals surface area (Å²) in [7, 11) is 0. The van der Waals surface area contributed by atoms with E-state index in [9.17, 15) is 79.4 Å². The van der Waals surface area contributed by atoms with Crippen molar-refractivity contribution in [1.29, 1.82) is 0 Å². The number of rotatable bonds is 12. The summed E-state index contributed by atoms with van der Waals surface area (Å²) in [5.74, 6) is -4.02. The number of aromatic nitrogens is 1. The number of anilines is 1. The molecule has 1 rings (SSSR count). The molecule has 39 heavy (non-hydrogen) atoms. The van der Waals surface area contributed by atoms with E-state index in [0.717, 1.165) is 11.4 Å². The summed E-state index contributed by atoms with van der Waals surface area (Å²) in [5, 5.41) is 0.790. The van der Waals surface area contributed by atoms with Crippen molar-refractivity contribution in [2.45, 2.75) is 49.1 Å². The molecule has 0 aromatic carbocycles. The molecule has 0 aliphatic rings. The number of hydrogen-bond donors (Lipinski definition) is 1. The highest BCUT2D eigenvalue weighted by Crippen LogP contribution is 2.51. The molecule has 0 spiro atoms. The number of amides is 1. The minimum absolute atomic E-state index is 0.185. The minimum atomic E-state index is -7.66. The lowest BCUT2D eigenvalue weighted by Gasteiger charge is -2.35. The van der Waals surface area contributed by atoms with Crippen molar-refractivity contribution in [3.8, 4) is 0 Å². The molecular weight excluding hydrogens is 635 g/mol. The van der Waals surface area contributed by atoms with Crippen LogP contribution >= 0.6 is 11.6 Å². The van der Waals surface area contributed by atoms with Gasteiger partial charge < -0.3 is 5.32 Å². The highest BCUT2D eigenvalue weighted by atomic mass is 35.5. The number of nitrogens with zero attached hydrogens (tertiary/aromatic N) is 1. The number of ether oxygens (including phenoxy) is 4. The zero-order valence-corrected chi connectivity index (χ0v) is 17.8. The summed E-state index contributed by atoms with van der Waals surface area (Å²) in [6.45, 7) is 0. The molecule has 25 heteroatoms. The Balaban J connectivity index is 3.12. The van der Waals surface area contributed by atoms with E-state index in [-0.39, 0.29) is 5.02 Å². The number of carbonyl (C=O) groups is 1. The first-order chi connectivity index (χ1) is 17.0. The van der Waals surface area contributed by atoms with Crippen molar-refractivity contribution in [3.63, 3.8) is 0 Å². The van der Waals surface area contributed by atoms with Crippen molar-refractivity contribution in [3.05, 3.63) is 23.4 Å². The average molecular weight is 639 g/mol. The Bertz CT molecular complexity index is 1020. The topological polar surface area (TPSA) is 78.9 Å². The van der Waals surface area contributed by atoms with Crippen molar-refractivity contribution in [2.24, 2.45) is 0 Å². The van der Waals surface area contributed by atoms with Gasteiger partial charge in [0.05, 0.1) is 5.02 Å². The molecule has 0 unspecified atom stereocenters. The van der Waals surface area contributed by atoms with Gasteiger partial charge in [0.2, 0.25) is 0 Å². The lowest BCUT2D eigenvalue weighted by molar-refractivity contribution is -0.579. The Morgan fingerprint density at radius 1 is 0.615 bits per heavy atom. The molecule has 226 valence electrons. The van der Waals surface area contributed by atoms with Crippen molar-refractivity contribution in [1.82, 2.24) is 4.98 Å². The molecule has 1 heterocycles. The second-order valence-electron chi connectivity index (χ2n) is 6.29. The third-order valence-corrected chi connectivity index (χ3v) is 3.49. The van der Waals surface area contributed by atoms with E-state index < -0.39 is 60.8 Å². The summed E-state index contributed by atoms with van der Waals surface area (Å²) in [6, 6.07) is 1.46. The Hall–Kier alpha value is -2.44. The Labute approximate surface area is 205 Å². The van der Waals surface area contributed by atoms with Gasteiger partial charge in [-0.2, -0.15) is 61.5 Å². The van der Waals surface area contributed by atoms with Gasteiger partial charge in [0.1, 0.15) is 5.82 Å². The van der Waals surface area contributed by atoms with Crippen LogP contribution in [0.1, 0.15) is 0 Å². The number of pyridine rings is 1. The normalized spacial score (nSPS) is 14.9. The third kappa shape index (κ3) is 8.52. The van der Waals surface area contributed by atoms with Crippen LogP contribution < -0.4 is 5.32 Å². The molecular formula is C14H4ClF17N2O5. The van der Waals surface area contributed by atoms with E-state index in [0.29, 0.717) is 12.3 Å². The number of halogens is 18. The van der Waals surface area contributed by atoms with Gasteiger partial charge in [-0.1, -0.05) is 11.6 Å². The lowest BCUT2D eigenvalue weighted by atomic mass is 10.4. The zero-order valence-electron chi connectivity index (χ0n) is 17.0. The molecule has 1 aromatic rings. The van der Waals surface area contributed by atoms with E-state index in [2.05, 4.69) is 9.72 Å². The highest BCUT2D eigenvalue weighted by molar-refractivity contribution is 6.30. The zero-order chi connectivity index (χ0) is 31.1. The van der Waals surface area contributed by atoms with Crippen LogP contribution in [0.5, 0.6) is 0 Å². The molecule has 0 aliphatic carbocycles. The van der Waals surface area contributed by atoms with E-state index in [1.165, 1.54) is 14.2 Å². The lowest BCUT2D eigenvalue weighted by Crippen LogP contribution is -2.60. The Kier molecular flexibility index (Phi) is 9.32. The van der Waals surface area contributed by atoms with Crippen LogP contribution in [-0.2, 0) is 23.7 Å². The smallest absolute Gasteiger partial charge is 0.303 e. The van der Waals surface area contributed by atoms with Crippen LogP contribution in [-0.4, -0.2) is 60.0 Å². The minimum Gasteiger partial charge on any atom is -0.303 e. The summed E-state index contributed by atoms with van der Waals surface area (Å²) < 4.78 is 227. The van der Waals surface area contributed by atoms with Gasteiger partial charge in [0, 0.05) is 6.20 Å². The largest absolute Gasteiger partial charge is 0.527 e. The van der Waals surface area contributed by atoms with E-state index in [4.69, 9.17) is 11.6 Å². The Morgan fingerprint density at radius 2 is 0.974 bits per heavy atom. The van der Waals surface area contributed by atoms with Gasteiger partial charge in [-0.25, -0.2) is 23.9 Å². The molecule has 0 saturated heterocycles. The van der Waals surface area contributed by atoms with Crippen LogP contribution in [0.15, 0.2) is 18.3 Å². The van der Waals surface area contributed by atoms with Gasteiger partial charge in [0.15, 0.2) is 0 Å². The molecule has 0 radical (unpaired) electrons. The first-order valence-corrected chi connectivity index (χ1v) is 8.80. The van der Waals surface area contributed by atoms with E-state index in [1.807, 2.05) is 0 Å². The average Bonchev–Trinajstić information content (AvgIpc) is 2.65. The third-order valence-electron chi connectivity index (χ3n) is 3.26. The molecule has 7 nitrogen and oxygen atoms in total. The predicted molar refractivity (Wildman–Crippen MR) is 82.9 cm³/mol. The number of nitrogens with one attached hydrogen (secondary N) is 1. The van der Waals surface area contributed by atoms with E-state index in [1.54, 1.807) is 0 Å². The van der Waals surface area contributed by atoms with Crippen LogP contribution in [0.25, 0.3) is 0 Å². The maximum absolute atomic E-state index is 13.6. The SMILES string of the molecule is O=C(Nc1ccc(Cl)cn1)C(F)(F)OC(F)(F)C(F)(F)OC(F)(F)C(F)(F)OC(F)(F)C(F)(F)OC(F)(F)F. The number of alkyl halides is 17. The summed E-state index contributed by atoms with van der Waals surface area (Å²) in [5.41, 5.74) is 0. The summed E-state index contributed by atoms with van der Waals surface area (Å²) in [4.78, 5) is 14.4. The number of hydrogen-bond acceptors (Lipinski definition) is 6. The standard InChI is InChI=1S/C14H4ClF17N2O5/c15-4-1-2-5(33-3-4)34-6(35)7(16,17)36-8(18,19)9(20,21)37-10(22,23)11(24,25)38-12(26,27)13(28,29)39-14(30,31)32/h1-3H,(H,33,34,35). The fourth-order valence-electron chi connectivity index (χ4n) is 1.67. The maximum atomic E-state index is 13.6. The van der Waals surface area contributed by atoms with Gasteiger partial charge in [0.25, 0.3) is 0 Å². The molecule has 1 amide bonds. The van der Waals surface area contributed by atoms with Crippen molar-refractivity contribution < 1.29 is 98.4 Å². The van der Waals surface area contributed by atoms with E-state index >= 15 is 0 Å². The van der Waals surface area contributed by atoms with Gasteiger partial charge in [-0.3, -0.25) is 4.79 Å². The fraction of sp³-hybridized carbons (Fsp3) is 0.571. The molecule has 0 saturated carbocycles. The first kappa shape index (κ1) is 34.6. The first-order valence-electron chi connectivity index (χ1n) is 8.42. The van der Waals surface area contributed by atoms with Crippen LogP contribution in [0.2, 0.25) is 5.02 Å². The second kappa shape index (κ2) is 10.5. The molecule has 1 N–H and O–H groups in total. The molecule has 0 aliphatic heterocycles. The summed E-state index contributed by atoms with van der Waals surface area (Å²) >= 11 is 5.35. The predicted octanol–water partition coefficient (Wildman–Crippen LogP) is 6.41. The molecule has 1 aromatic heterocycles. The molecule has 0 atom stereocenters. The van der Waals surface area contributed by atoms with Gasteiger partial charge in [-0.05, 0) is 12.1 Å². The number of carbonyl (C=O) groups excluding carboxylic acids is 1. The van der Waals surface area contributed by atoms with Gasteiger partial charge >= 0.3 is 55.0 Å². The second-order valence-corrected chi connectivity index (χ2v) is 6.72. The quantitative estimate of drug-likeness (QED) is 0.267. The van der Waals surface area contributed by atoms with Crippen LogP contribution in [0.3, 0.4) is 0 Å². The maximum Gasteiger partial charge on any atom is 0.527 e.